The van der Waals surface area contributed by atoms with Gasteiger partial charge < -0.3 is 19.9 Å². The highest BCUT2D eigenvalue weighted by Gasteiger charge is 2.29. The van der Waals surface area contributed by atoms with Crippen molar-refractivity contribution in [2.75, 3.05) is 39.8 Å². The van der Waals surface area contributed by atoms with Crippen LogP contribution in [0.5, 0.6) is 5.88 Å². The highest BCUT2D eigenvalue weighted by atomic mass is 127. The van der Waals surface area contributed by atoms with Gasteiger partial charge in [0, 0.05) is 38.4 Å². The first-order chi connectivity index (χ1) is 13.2. The second kappa shape index (κ2) is 13.4. The standard InChI is InChI=1S/C18H28F3N5O2.HI/c1-5-22-17(25(4)12-15(27)26(6-2)7-3)24-11-14-9-8-10-23-16(14)28-13-18(19,20)21;/h8-10H,5-7,11-13H2,1-4H3,(H,22,24);1H. The Morgan fingerprint density at radius 1 is 1.28 bits per heavy atom. The monoisotopic (exact) mass is 531 g/mol. The predicted molar refractivity (Wildman–Crippen MR) is 117 cm³/mol. The van der Waals surface area contributed by atoms with E-state index in [1.807, 2.05) is 20.8 Å². The van der Waals surface area contributed by atoms with Gasteiger partial charge in [-0.05, 0) is 26.8 Å². The molecule has 0 atom stereocenters. The Labute approximate surface area is 186 Å². The van der Waals surface area contributed by atoms with Crippen LogP contribution in [0.1, 0.15) is 26.3 Å². The van der Waals surface area contributed by atoms with Crippen LogP contribution in [0.15, 0.2) is 23.3 Å². The maximum atomic E-state index is 12.4. The van der Waals surface area contributed by atoms with E-state index in [0.29, 0.717) is 31.2 Å². The van der Waals surface area contributed by atoms with Gasteiger partial charge in [0.2, 0.25) is 11.8 Å². The van der Waals surface area contributed by atoms with Crippen molar-refractivity contribution in [2.45, 2.75) is 33.5 Å². The van der Waals surface area contributed by atoms with E-state index in [1.54, 1.807) is 29.0 Å². The van der Waals surface area contributed by atoms with Gasteiger partial charge in [0.1, 0.15) is 0 Å². The van der Waals surface area contributed by atoms with Crippen LogP contribution in [-0.2, 0) is 11.3 Å². The van der Waals surface area contributed by atoms with Crippen LogP contribution in [0.3, 0.4) is 0 Å². The van der Waals surface area contributed by atoms with Crippen molar-refractivity contribution in [2.24, 2.45) is 4.99 Å². The molecule has 1 amide bonds. The lowest BCUT2D eigenvalue weighted by molar-refractivity contribution is -0.154. The van der Waals surface area contributed by atoms with E-state index in [-0.39, 0.29) is 48.9 Å². The van der Waals surface area contributed by atoms with Gasteiger partial charge in [0.15, 0.2) is 12.6 Å². The molecule has 0 saturated heterocycles. The number of alkyl halides is 3. The molecule has 166 valence electrons. The predicted octanol–water partition coefficient (Wildman–Crippen LogP) is 2.91. The number of guanidine groups is 1. The Morgan fingerprint density at radius 3 is 2.48 bits per heavy atom. The Morgan fingerprint density at radius 2 is 1.93 bits per heavy atom. The average Bonchev–Trinajstić information content (AvgIpc) is 2.64. The largest absolute Gasteiger partial charge is 0.468 e. The molecule has 0 aliphatic carbocycles. The number of nitrogens with zero attached hydrogens (tertiary/aromatic N) is 4. The molecule has 1 aromatic rings. The Hall–Kier alpha value is -1.79. The van der Waals surface area contributed by atoms with Crippen LogP contribution >= 0.6 is 24.0 Å². The fourth-order valence-electron chi connectivity index (χ4n) is 2.41. The number of hydrogen-bond donors (Lipinski definition) is 1. The molecule has 29 heavy (non-hydrogen) atoms. The fraction of sp³-hybridized carbons (Fsp3) is 0.611. The summed E-state index contributed by atoms with van der Waals surface area (Å²) in [4.78, 5) is 24.0. The molecule has 1 N–H and O–H groups in total. The lowest BCUT2D eigenvalue weighted by atomic mass is 10.3. The minimum atomic E-state index is -4.45. The molecule has 0 radical (unpaired) electrons. The van der Waals surface area contributed by atoms with E-state index in [2.05, 4.69) is 15.3 Å². The topological polar surface area (TPSA) is 70.1 Å². The molecule has 0 bridgehead atoms. The molecule has 7 nitrogen and oxygen atoms in total. The molecule has 0 aliphatic rings. The van der Waals surface area contributed by atoms with Crippen LogP contribution in [0.25, 0.3) is 0 Å². The Balaban J connectivity index is 0.00000784. The van der Waals surface area contributed by atoms with Crippen LogP contribution in [-0.4, -0.2) is 72.7 Å². The molecular formula is C18H29F3IN5O2. The van der Waals surface area contributed by atoms with Crippen molar-refractivity contribution in [1.82, 2.24) is 20.1 Å². The first-order valence-electron chi connectivity index (χ1n) is 9.12. The van der Waals surface area contributed by atoms with Crippen molar-refractivity contribution >= 4 is 35.8 Å². The number of aromatic nitrogens is 1. The van der Waals surface area contributed by atoms with E-state index in [9.17, 15) is 18.0 Å². The van der Waals surface area contributed by atoms with E-state index in [0.717, 1.165) is 0 Å². The van der Waals surface area contributed by atoms with Gasteiger partial charge in [-0.3, -0.25) is 4.79 Å². The zero-order valence-electron chi connectivity index (χ0n) is 17.1. The van der Waals surface area contributed by atoms with Gasteiger partial charge in [0.25, 0.3) is 0 Å². The fourth-order valence-corrected chi connectivity index (χ4v) is 2.41. The number of rotatable bonds is 9. The summed E-state index contributed by atoms with van der Waals surface area (Å²) in [5, 5.41) is 3.07. The van der Waals surface area contributed by atoms with E-state index < -0.39 is 12.8 Å². The molecule has 1 rings (SSSR count). The van der Waals surface area contributed by atoms with Crippen LogP contribution in [0.4, 0.5) is 13.2 Å². The SMILES string of the molecule is CCNC(=NCc1cccnc1OCC(F)(F)F)N(C)CC(=O)N(CC)CC.I. The van der Waals surface area contributed by atoms with Gasteiger partial charge >= 0.3 is 6.18 Å². The molecule has 0 aromatic carbocycles. The summed E-state index contributed by atoms with van der Waals surface area (Å²) >= 11 is 0. The van der Waals surface area contributed by atoms with Gasteiger partial charge in [-0.25, -0.2) is 9.98 Å². The Kier molecular flexibility index (Phi) is 12.6. The van der Waals surface area contributed by atoms with E-state index in [4.69, 9.17) is 4.74 Å². The molecule has 0 aliphatic heterocycles. The second-order valence-corrected chi connectivity index (χ2v) is 5.96. The summed E-state index contributed by atoms with van der Waals surface area (Å²) < 4.78 is 42.0. The highest BCUT2D eigenvalue weighted by molar-refractivity contribution is 14.0. The lowest BCUT2D eigenvalue weighted by Gasteiger charge is -2.25. The van der Waals surface area contributed by atoms with Crippen molar-refractivity contribution in [3.63, 3.8) is 0 Å². The number of likely N-dealkylation sites (N-methyl/N-ethyl adjacent to an activating group) is 2. The molecule has 0 spiro atoms. The number of carbonyl (C=O) groups is 1. The summed E-state index contributed by atoms with van der Waals surface area (Å²) in [6.45, 7) is 6.30. The first kappa shape index (κ1) is 27.2. The maximum absolute atomic E-state index is 12.4. The van der Waals surface area contributed by atoms with Crippen molar-refractivity contribution in [3.8, 4) is 5.88 Å². The van der Waals surface area contributed by atoms with Crippen molar-refractivity contribution < 1.29 is 22.7 Å². The van der Waals surface area contributed by atoms with Crippen LogP contribution < -0.4 is 10.1 Å². The number of amides is 1. The minimum absolute atomic E-state index is 0. The number of halogens is 4. The maximum Gasteiger partial charge on any atom is 0.422 e. The number of nitrogens with one attached hydrogen (secondary N) is 1. The smallest absolute Gasteiger partial charge is 0.422 e. The third-order valence-electron chi connectivity index (χ3n) is 3.81. The van der Waals surface area contributed by atoms with Gasteiger partial charge in [-0.2, -0.15) is 13.2 Å². The number of pyridine rings is 1. The summed E-state index contributed by atoms with van der Waals surface area (Å²) in [5.74, 6) is 0.323. The second-order valence-electron chi connectivity index (χ2n) is 5.96. The molecule has 0 saturated carbocycles. The molecular weight excluding hydrogens is 502 g/mol. The molecule has 1 aromatic heterocycles. The van der Waals surface area contributed by atoms with Crippen molar-refractivity contribution in [1.29, 1.82) is 0 Å². The Bertz CT molecular complexity index is 655. The molecule has 11 heteroatoms. The van der Waals surface area contributed by atoms with E-state index in [1.165, 1.54) is 6.20 Å². The molecule has 0 fully saturated rings. The summed E-state index contributed by atoms with van der Waals surface area (Å²) in [6, 6.07) is 3.21. The lowest BCUT2D eigenvalue weighted by Crippen LogP contribution is -2.45. The normalized spacial score (nSPS) is 11.5. The zero-order chi connectivity index (χ0) is 21.2. The van der Waals surface area contributed by atoms with E-state index >= 15 is 0 Å². The number of aliphatic imine (C=N–C) groups is 1. The third kappa shape index (κ3) is 9.99. The summed E-state index contributed by atoms with van der Waals surface area (Å²) in [7, 11) is 1.73. The van der Waals surface area contributed by atoms with Crippen LogP contribution in [0, 0.1) is 0 Å². The molecule has 0 unspecified atom stereocenters. The van der Waals surface area contributed by atoms with Gasteiger partial charge in [0.05, 0.1) is 13.1 Å². The quantitative estimate of drug-likeness (QED) is 0.302. The zero-order valence-corrected chi connectivity index (χ0v) is 19.5. The highest BCUT2D eigenvalue weighted by Crippen LogP contribution is 2.20. The van der Waals surface area contributed by atoms with Gasteiger partial charge in [-0.15, -0.1) is 24.0 Å². The van der Waals surface area contributed by atoms with Crippen molar-refractivity contribution in [3.05, 3.63) is 23.9 Å². The van der Waals surface area contributed by atoms with Gasteiger partial charge in [-0.1, -0.05) is 6.07 Å². The number of carbonyl (C=O) groups excluding carboxylic acids is 1. The average molecular weight is 531 g/mol. The minimum Gasteiger partial charge on any atom is -0.468 e. The summed E-state index contributed by atoms with van der Waals surface area (Å²) in [5.41, 5.74) is 0.422. The summed E-state index contributed by atoms with van der Waals surface area (Å²) in [6.07, 6.45) is -3.09. The number of hydrogen-bond acceptors (Lipinski definition) is 4. The first-order valence-corrected chi connectivity index (χ1v) is 9.12. The van der Waals surface area contributed by atoms with Crippen LogP contribution in [0.2, 0.25) is 0 Å². The molecule has 1 heterocycles. The number of ether oxygens (including phenoxy) is 1. The third-order valence-corrected chi connectivity index (χ3v) is 3.81.